The van der Waals surface area contributed by atoms with Crippen molar-refractivity contribution in [1.29, 1.82) is 0 Å². The molecule has 6 nitrogen and oxygen atoms in total. The fourth-order valence-electron chi connectivity index (χ4n) is 5.45. The highest BCUT2D eigenvalue weighted by Crippen LogP contribution is 2.37. The number of carbonyl (C=O) groups is 2. The van der Waals surface area contributed by atoms with Crippen LogP contribution in [0.25, 0.3) is 0 Å². The molecule has 0 aromatic rings. The van der Waals surface area contributed by atoms with E-state index in [4.69, 9.17) is 0 Å². The molecule has 4 heterocycles. The fourth-order valence-corrected chi connectivity index (χ4v) is 5.45. The van der Waals surface area contributed by atoms with Gasteiger partial charge in [0.2, 0.25) is 11.8 Å². The summed E-state index contributed by atoms with van der Waals surface area (Å²) in [5.41, 5.74) is 0. The lowest BCUT2D eigenvalue weighted by molar-refractivity contribution is -0.147. The summed E-state index contributed by atoms with van der Waals surface area (Å²) < 4.78 is 0. The second-order valence-corrected chi connectivity index (χ2v) is 8.38. The van der Waals surface area contributed by atoms with Crippen LogP contribution in [0.15, 0.2) is 0 Å². The maximum atomic E-state index is 12.7. The van der Waals surface area contributed by atoms with Crippen molar-refractivity contribution >= 4 is 11.8 Å². The molecule has 4 aliphatic rings. The Morgan fingerprint density at radius 3 is 2.64 bits per heavy atom. The van der Waals surface area contributed by atoms with Crippen LogP contribution < -0.4 is 0 Å². The molecule has 4 fully saturated rings. The molecule has 25 heavy (non-hydrogen) atoms. The van der Waals surface area contributed by atoms with Gasteiger partial charge in [-0.3, -0.25) is 14.5 Å². The van der Waals surface area contributed by atoms with E-state index in [2.05, 4.69) is 21.6 Å². The Labute approximate surface area is 151 Å². The van der Waals surface area contributed by atoms with Gasteiger partial charge in [-0.05, 0) is 37.6 Å². The topological polar surface area (TPSA) is 47.1 Å². The normalized spacial score (nSPS) is 34.1. The zero-order valence-corrected chi connectivity index (χ0v) is 15.5. The molecule has 6 heteroatoms. The van der Waals surface area contributed by atoms with Gasteiger partial charge in [0.1, 0.15) is 0 Å². The lowest BCUT2D eigenvalue weighted by Gasteiger charge is -2.52. The second-order valence-electron chi connectivity index (χ2n) is 8.38. The number of piperazine rings is 1. The van der Waals surface area contributed by atoms with E-state index in [1.165, 1.54) is 6.42 Å². The number of hydrogen-bond donors (Lipinski definition) is 0. The van der Waals surface area contributed by atoms with Crippen LogP contribution in [-0.2, 0) is 9.59 Å². The van der Waals surface area contributed by atoms with Crippen molar-refractivity contribution in [1.82, 2.24) is 19.6 Å². The molecular weight excluding hydrogens is 316 g/mol. The average molecular weight is 348 g/mol. The maximum Gasteiger partial charge on any atom is 0.236 e. The van der Waals surface area contributed by atoms with Gasteiger partial charge in [0.25, 0.3) is 0 Å². The summed E-state index contributed by atoms with van der Waals surface area (Å²) in [6.45, 7) is 10.5. The first-order valence-corrected chi connectivity index (χ1v) is 10.2. The minimum atomic E-state index is 0.298. The van der Waals surface area contributed by atoms with Crippen LogP contribution in [0.2, 0.25) is 0 Å². The Morgan fingerprint density at radius 2 is 1.88 bits per heavy atom. The van der Waals surface area contributed by atoms with Gasteiger partial charge in [0.05, 0.1) is 6.54 Å². The van der Waals surface area contributed by atoms with Gasteiger partial charge in [0.15, 0.2) is 0 Å². The summed E-state index contributed by atoms with van der Waals surface area (Å²) in [5.74, 6) is 1.79. The average Bonchev–Trinajstić information content (AvgIpc) is 2.62. The van der Waals surface area contributed by atoms with Crippen molar-refractivity contribution in [2.75, 3.05) is 58.9 Å². The summed E-state index contributed by atoms with van der Waals surface area (Å²) in [6.07, 6.45) is 4.18. The highest BCUT2D eigenvalue weighted by molar-refractivity contribution is 5.78. The molecule has 0 N–H and O–H groups in total. The first-order chi connectivity index (χ1) is 12.1. The van der Waals surface area contributed by atoms with Crippen molar-refractivity contribution in [3.63, 3.8) is 0 Å². The number of fused-ring (bicyclic) bond motifs is 4. The number of carbonyl (C=O) groups excluding carboxylic acids is 2. The zero-order valence-electron chi connectivity index (χ0n) is 15.5. The van der Waals surface area contributed by atoms with Crippen LogP contribution in [0.4, 0.5) is 0 Å². The van der Waals surface area contributed by atoms with E-state index in [0.717, 1.165) is 71.6 Å². The van der Waals surface area contributed by atoms with Crippen molar-refractivity contribution in [3.8, 4) is 0 Å². The summed E-state index contributed by atoms with van der Waals surface area (Å²) in [5, 5.41) is 0. The molecule has 0 aromatic heterocycles. The fraction of sp³-hybridized carbons (Fsp3) is 0.895. The summed E-state index contributed by atoms with van der Waals surface area (Å²) >= 11 is 0. The number of likely N-dealkylation sites (tertiary alicyclic amines) is 1. The van der Waals surface area contributed by atoms with Gasteiger partial charge in [0, 0.05) is 58.3 Å². The first kappa shape index (κ1) is 17.3. The number of rotatable bonds is 3. The van der Waals surface area contributed by atoms with Gasteiger partial charge in [-0.2, -0.15) is 0 Å². The first-order valence-electron chi connectivity index (χ1n) is 10.2. The van der Waals surface area contributed by atoms with Gasteiger partial charge >= 0.3 is 0 Å². The molecule has 4 aliphatic heterocycles. The van der Waals surface area contributed by atoms with Crippen LogP contribution in [0.5, 0.6) is 0 Å². The second kappa shape index (κ2) is 7.23. The van der Waals surface area contributed by atoms with Crippen LogP contribution >= 0.6 is 0 Å². The zero-order chi connectivity index (χ0) is 17.4. The third-order valence-electron chi connectivity index (χ3n) is 6.79. The minimum Gasteiger partial charge on any atom is -0.339 e. The quantitative estimate of drug-likeness (QED) is 0.744. The van der Waals surface area contributed by atoms with Crippen LogP contribution in [0.3, 0.4) is 0 Å². The molecule has 0 spiro atoms. The van der Waals surface area contributed by atoms with E-state index in [9.17, 15) is 9.59 Å². The molecule has 3 atom stereocenters. The molecule has 2 bridgehead atoms. The third kappa shape index (κ3) is 3.56. The monoisotopic (exact) mass is 348 g/mol. The number of amides is 2. The highest BCUT2D eigenvalue weighted by atomic mass is 16.2. The van der Waals surface area contributed by atoms with Gasteiger partial charge in [-0.1, -0.05) is 6.92 Å². The number of piperidine rings is 3. The van der Waals surface area contributed by atoms with Crippen molar-refractivity contribution in [2.24, 2.45) is 11.8 Å². The molecule has 0 saturated carbocycles. The number of hydrogen-bond acceptors (Lipinski definition) is 4. The van der Waals surface area contributed by atoms with E-state index in [-0.39, 0.29) is 0 Å². The van der Waals surface area contributed by atoms with Crippen LogP contribution in [0.1, 0.15) is 32.6 Å². The molecule has 4 saturated heterocycles. The highest BCUT2D eigenvalue weighted by Gasteiger charge is 2.44. The Hall–Kier alpha value is -1.14. The summed E-state index contributed by atoms with van der Waals surface area (Å²) in [7, 11) is 0. The lowest BCUT2D eigenvalue weighted by Crippen LogP contribution is -2.61. The lowest BCUT2D eigenvalue weighted by atomic mass is 9.76. The van der Waals surface area contributed by atoms with Crippen LogP contribution in [0, 0.1) is 11.8 Å². The third-order valence-corrected chi connectivity index (χ3v) is 6.79. The van der Waals surface area contributed by atoms with Crippen molar-refractivity contribution in [3.05, 3.63) is 0 Å². The molecular formula is C19H32N4O2. The van der Waals surface area contributed by atoms with E-state index in [1.54, 1.807) is 0 Å². The van der Waals surface area contributed by atoms with Crippen molar-refractivity contribution < 1.29 is 9.59 Å². The van der Waals surface area contributed by atoms with E-state index < -0.39 is 0 Å². The molecule has 0 radical (unpaired) electrons. The predicted octanol–water partition coefficient (Wildman–Crippen LogP) is 0.483. The SMILES string of the molecule is CCN1CCN(C(=O)CN2CC3CC(C2)[C@H]2CCCC(=O)N2C3)CC1. The Bertz CT molecular complexity index is 518. The largest absolute Gasteiger partial charge is 0.339 e. The predicted molar refractivity (Wildman–Crippen MR) is 96.1 cm³/mol. The molecule has 0 aromatic carbocycles. The smallest absolute Gasteiger partial charge is 0.236 e. The van der Waals surface area contributed by atoms with Crippen LogP contribution in [-0.4, -0.2) is 96.4 Å². The maximum absolute atomic E-state index is 12.7. The molecule has 2 unspecified atom stereocenters. The summed E-state index contributed by atoms with van der Waals surface area (Å²) in [4.78, 5) is 33.9. The van der Waals surface area contributed by atoms with Gasteiger partial charge in [-0.15, -0.1) is 0 Å². The minimum absolute atomic E-state index is 0.298. The molecule has 4 rings (SSSR count). The molecule has 2 amide bonds. The van der Waals surface area contributed by atoms with E-state index in [1.807, 2.05) is 4.90 Å². The Morgan fingerprint density at radius 1 is 1.08 bits per heavy atom. The van der Waals surface area contributed by atoms with E-state index in [0.29, 0.717) is 36.2 Å². The van der Waals surface area contributed by atoms with Gasteiger partial charge in [-0.25, -0.2) is 0 Å². The standard InChI is InChI=1S/C19H32N4O2/c1-2-20-6-8-22(9-7-20)19(25)14-21-11-15-10-16(13-21)17-4-3-5-18(24)23(17)12-15/h15-17H,2-14H2,1H3/t15?,16?,17-/m1/s1. The Kier molecular flexibility index (Phi) is 5.00. The Balaban J connectivity index is 1.33. The van der Waals surface area contributed by atoms with Crippen molar-refractivity contribution in [2.45, 2.75) is 38.6 Å². The summed E-state index contributed by atoms with van der Waals surface area (Å²) in [6, 6.07) is 0.434. The molecule has 140 valence electrons. The number of nitrogens with zero attached hydrogens (tertiary/aromatic N) is 4. The number of likely N-dealkylation sites (N-methyl/N-ethyl adjacent to an activating group) is 1. The van der Waals surface area contributed by atoms with E-state index >= 15 is 0 Å². The molecule has 0 aliphatic carbocycles. The van der Waals surface area contributed by atoms with Gasteiger partial charge < -0.3 is 14.7 Å².